The fourth-order valence-corrected chi connectivity index (χ4v) is 4.09. The number of carbonyl (C=O) groups excluding carboxylic acids is 1. The quantitative estimate of drug-likeness (QED) is 0.920. The minimum absolute atomic E-state index is 0.107. The third-order valence-corrected chi connectivity index (χ3v) is 4.84. The summed E-state index contributed by atoms with van der Waals surface area (Å²) in [6, 6.07) is 9.46. The third-order valence-electron chi connectivity index (χ3n) is 4.84. The summed E-state index contributed by atoms with van der Waals surface area (Å²) in [5, 5.41) is 10.9. The van der Waals surface area contributed by atoms with Gasteiger partial charge in [0.15, 0.2) is 0 Å². The number of nitrogens with zero attached hydrogens (tertiary/aromatic N) is 1. The number of aliphatic hydroxyl groups is 1. The first kappa shape index (κ1) is 17.2. The van der Waals surface area contributed by atoms with Crippen molar-refractivity contribution in [3.05, 3.63) is 35.9 Å². The zero-order valence-electron chi connectivity index (χ0n) is 14.5. The van der Waals surface area contributed by atoms with Crippen LogP contribution in [0.3, 0.4) is 0 Å². The van der Waals surface area contributed by atoms with E-state index in [2.05, 4.69) is 13.8 Å². The van der Waals surface area contributed by atoms with Gasteiger partial charge >= 0.3 is 6.09 Å². The van der Waals surface area contributed by atoms with E-state index in [0.29, 0.717) is 32.0 Å². The van der Waals surface area contributed by atoms with Gasteiger partial charge in [-0.3, -0.25) is 4.90 Å². The molecule has 2 aliphatic heterocycles. The van der Waals surface area contributed by atoms with E-state index in [1.54, 1.807) is 4.90 Å². The minimum Gasteiger partial charge on any atom is -0.445 e. The van der Waals surface area contributed by atoms with Crippen LogP contribution in [0.25, 0.3) is 0 Å². The van der Waals surface area contributed by atoms with Crippen LogP contribution >= 0.6 is 0 Å². The molecule has 2 saturated heterocycles. The van der Waals surface area contributed by atoms with E-state index in [9.17, 15) is 9.90 Å². The maximum atomic E-state index is 12.6. The Morgan fingerprint density at radius 1 is 1.29 bits per heavy atom. The molecule has 1 aromatic carbocycles. The first-order valence-corrected chi connectivity index (χ1v) is 8.76. The van der Waals surface area contributed by atoms with Crippen molar-refractivity contribution < 1.29 is 19.4 Å². The van der Waals surface area contributed by atoms with Gasteiger partial charge in [0.2, 0.25) is 0 Å². The zero-order valence-corrected chi connectivity index (χ0v) is 14.5. The van der Waals surface area contributed by atoms with Gasteiger partial charge in [0.1, 0.15) is 6.61 Å². The van der Waals surface area contributed by atoms with Crippen LogP contribution in [0.4, 0.5) is 4.79 Å². The Hall–Kier alpha value is -1.59. The molecular weight excluding hydrogens is 306 g/mol. The van der Waals surface area contributed by atoms with Gasteiger partial charge in [0.25, 0.3) is 0 Å². The second-order valence-corrected chi connectivity index (χ2v) is 7.52. The number of amides is 1. The van der Waals surface area contributed by atoms with E-state index < -0.39 is 5.60 Å². The molecule has 2 aliphatic rings. The second-order valence-electron chi connectivity index (χ2n) is 7.52. The van der Waals surface area contributed by atoms with Crippen molar-refractivity contribution in [2.75, 3.05) is 13.2 Å². The predicted octanol–water partition coefficient (Wildman–Crippen LogP) is 2.96. The topological polar surface area (TPSA) is 59.0 Å². The summed E-state index contributed by atoms with van der Waals surface area (Å²) >= 11 is 0. The molecule has 0 saturated carbocycles. The fraction of sp³-hybridized carbons (Fsp3) is 0.632. The van der Waals surface area contributed by atoms with E-state index in [1.807, 2.05) is 30.3 Å². The van der Waals surface area contributed by atoms with Crippen LogP contribution in [0.15, 0.2) is 30.3 Å². The highest BCUT2D eigenvalue weighted by Gasteiger charge is 2.48. The van der Waals surface area contributed by atoms with E-state index in [4.69, 9.17) is 9.47 Å². The molecule has 3 rings (SSSR count). The summed E-state index contributed by atoms with van der Waals surface area (Å²) in [5.41, 5.74) is 0.268. The van der Waals surface area contributed by atoms with Gasteiger partial charge in [-0.05, 0) is 30.7 Å². The summed E-state index contributed by atoms with van der Waals surface area (Å²) < 4.78 is 11.1. The largest absolute Gasteiger partial charge is 0.445 e. The molecule has 0 aromatic heterocycles. The Kier molecular flexibility index (Phi) is 5.11. The molecule has 2 fully saturated rings. The van der Waals surface area contributed by atoms with Gasteiger partial charge in [-0.1, -0.05) is 44.2 Å². The normalized spacial score (nSPS) is 29.6. The van der Waals surface area contributed by atoms with Crippen molar-refractivity contribution in [3.8, 4) is 0 Å². The van der Waals surface area contributed by atoms with Crippen molar-refractivity contribution in [3.63, 3.8) is 0 Å². The van der Waals surface area contributed by atoms with Crippen LogP contribution in [0.1, 0.15) is 38.7 Å². The fourth-order valence-electron chi connectivity index (χ4n) is 4.09. The molecule has 0 radical (unpaired) electrons. The van der Waals surface area contributed by atoms with E-state index in [-0.39, 0.29) is 24.8 Å². The van der Waals surface area contributed by atoms with Gasteiger partial charge < -0.3 is 14.6 Å². The Morgan fingerprint density at radius 2 is 1.92 bits per heavy atom. The van der Waals surface area contributed by atoms with E-state index in [0.717, 1.165) is 12.0 Å². The maximum Gasteiger partial charge on any atom is 0.410 e. The monoisotopic (exact) mass is 333 g/mol. The van der Waals surface area contributed by atoms with Crippen LogP contribution in [0.5, 0.6) is 0 Å². The van der Waals surface area contributed by atoms with E-state index in [1.165, 1.54) is 0 Å². The lowest BCUT2D eigenvalue weighted by atomic mass is 9.77. The lowest BCUT2D eigenvalue weighted by Gasteiger charge is -2.51. The lowest BCUT2D eigenvalue weighted by molar-refractivity contribution is -0.138. The standard InChI is InChI=1S/C19H27NO4/c1-14(2)8-19(22)9-16-12-23-13-17(10-19)20(16)18(21)24-11-15-6-4-3-5-7-15/h3-7,14,16-17,22H,8-13H2,1-2H3. The number of hydrogen-bond acceptors (Lipinski definition) is 4. The average Bonchev–Trinajstić information content (AvgIpc) is 2.51. The van der Waals surface area contributed by atoms with Crippen molar-refractivity contribution in [2.45, 2.75) is 57.4 Å². The molecule has 2 unspecified atom stereocenters. The van der Waals surface area contributed by atoms with Crippen molar-refractivity contribution >= 4 is 6.09 Å². The second kappa shape index (κ2) is 7.11. The Labute approximate surface area is 143 Å². The minimum atomic E-state index is -0.705. The van der Waals surface area contributed by atoms with Gasteiger partial charge in [-0.25, -0.2) is 4.79 Å². The number of hydrogen-bond donors (Lipinski definition) is 1. The first-order chi connectivity index (χ1) is 11.5. The van der Waals surface area contributed by atoms with E-state index >= 15 is 0 Å². The van der Waals surface area contributed by atoms with Gasteiger partial charge in [0.05, 0.1) is 30.9 Å². The number of fused-ring (bicyclic) bond motifs is 2. The summed E-state index contributed by atoms with van der Waals surface area (Å²) in [6.07, 6.45) is 1.57. The molecule has 1 amide bonds. The molecule has 1 aromatic rings. The van der Waals surface area contributed by atoms with Crippen molar-refractivity contribution in [1.82, 2.24) is 4.90 Å². The zero-order chi connectivity index (χ0) is 17.2. The molecule has 2 heterocycles. The number of benzene rings is 1. The molecule has 5 nitrogen and oxygen atoms in total. The van der Waals surface area contributed by atoms with Crippen molar-refractivity contribution in [1.29, 1.82) is 0 Å². The predicted molar refractivity (Wildman–Crippen MR) is 90.5 cm³/mol. The van der Waals surface area contributed by atoms with Crippen LogP contribution in [0.2, 0.25) is 0 Å². The maximum absolute atomic E-state index is 12.6. The Balaban J connectivity index is 1.64. The highest BCUT2D eigenvalue weighted by molar-refractivity contribution is 5.69. The number of carbonyl (C=O) groups is 1. The van der Waals surface area contributed by atoms with Gasteiger partial charge in [-0.15, -0.1) is 0 Å². The summed E-state index contributed by atoms with van der Waals surface area (Å²) in [5.74, 6) is 0.424. The number of ether oxygens (including phenoxy) is 2. The molecule has 0 spiro atoms. The molecule has 2 bridgehead atoms. The third kappa shape index (κ3) is 3.90. The van der Waals surface area contributed by atoms with Crippen LogP contribution in [-0.2, 0) is 16.1 Å². The average molecular weight is 333 g/mol. The molecule has 1 N–H and O–H groups in total. The van der Waals surface area contributed by atoms with Crippen LogP contribution in [0, 0.1) is 5.92 Å². The van der Waals surface area contributed by atoms with Gasteiger partial charge in [-0.2, -0.15) is 0 Å². The van der Waals surface area contributed by atoms with Crippen LogP contribution < -0.4 is 0 Å². The smallest absolute Gasteiger partial charge is 0.410 e. The number of rotatable bonds is 4. The molecule has 0 aliphatic carbocycles. The molecule has 132 valence electrons. The highest BCUT2D eigenvalue weighted by Crippen LogP contribution is 2.38. The number of piperidine rings is 1. The number of morpholine rings is 1. The molecular formula is C19H27NO4. The lowest BCUT2D eigenvalue weighted by Crippen LogP contribution is -2.63. The first-order valence-electron chi connectivity index (χ1n) is 8.76. The summed E-state index contributed by atoms with van der Waals surface area (Å²) in [4.78, 5) is 14.4. The highest BCUT2D eigenvalue weighted by atomic mass is 16.6. The molecule has 2 atom stereocenters. The Morgan fingerprint density at radius 3 is 2.50 bits per heavy atom. The van der Waals surface area contributed by atoms with Crippen LogP contribution in [-0.4, -0.2) is 47.0 Å². The molecule has 5 heteroatoms. The summed E-state index contributed by atoms with van der Waals surface area (Å²) in [6.45, 7) is 5.44. The molecule has 24 heavy (non-hydrogen) atoms. The summed E-state index contributed by atoms with van der Waals surface area (Å²) in [7, 11) is 0. The SMILES string of the molecule is CC(C)CC1(O)CC2COCC(C1)N2C(=O)OCc1ccccc1. The Bertz CT molecular complexity index is 546. The van der Waals surface area contributed by atoms with Crippen molar-refractivity contribution in [2.24, 2.45) is 5.92 Å². The van der Waals surface area contributed by atoms with Gasteiger partial charge in [0, 0.05) is 0 Å².